The summed E-state index contributed by atoms with van der Waals surface area (Å²) >= 11 is 7.38. The standard InChI is InChI=1S/C15H17ClN6OS/c1-10(2)9-22-15(19-20-21-22)24-6-5-14(23)18-12-4-3-11(8-17)13(16)7-12/h3-4,7,10H,5-6,9H2,1-2H3,(H,18,23). The molecule has 24 heavy (non-hydrogen) atoms. The van der Waals surface area contributed by atoms with Gasteiger partial charge in [0.25, 0.3) is 0 Å². The van der Waals surface area contributed by atoms with Crippen LogP contribution in [0.3, 0.4) is 0 Å². The third-order valence-corrected chi connectivity index (χ3v) is 4.24. The molecule has 0 radical (unpaired) electrons. The molecule has 0 atom stereocenters. The molecule has 0 fully saturated rings. The number of hydrogen-bond donors (Lipinski definition) is 1. The van der Waals surface area contributed by atoms with Crippen molar-refractivity contribution in [2.24, 2.45) is 5.92 Å². The highest BCUT2D eigenvalue weighted by atomic mass is 35.5. The van der Waals surface area contributed by atoms with E-state index in [1.165, 1.54) is 11.8 Å². The number of carbonyl (C=O) groups is 1. The minimum atomic E-state index is -0.133. The minimum absolute atomic E-state index is 0.133. The summed E-state index contributed by atoms with van der Waals surface area (Å²) in [7, 11) is 0. The normalized spacial score (nSPS) is 10.6. The molecule has 7 nitrogen and oxygen atoms in total. The summed E-state index contributed by atoms with van der Waals surface area (Å²) in [5.74, 6) is 0.873. The molecule has 0 bridgehead atoms. The smallest absolute Gasteiger partial charge is 0.225 e. The molecule has 0 aliphatic heterocycles. The van der Waals surface area contributed by atoms with Crippen molar-refractivity contribution in [2.75, 3.05) is 11.1 Å². The van der Waals surface area contributed by atoms with Crippen LogP contribution in [0.25, 0.3) is 0 Å². The van der Waals surface area contributed by atoms with Crippen molar-refractivity contribution in [1.29, 1.82) is 5.26 Å². The van der Waals surface area contributed by atoms with E-state index >= 15 is 0 Å². The number of tetrazole rings is 1. The maximum atomic E-state index is 12.0. The summed E-state index contributed by atoms with van der Waals surface area (Å²) in [5, 5.41) is 24.2. The second-order valence-electron chi connectivity index (χ2n) is 5.49. The van der Waals surface area contributed by atoms with Crippen molar-refractivity contribution < 1.29 is 4.79 Å². The van der Waals surface area contributed by atoms with Gasteiger partial charge in [0.2, 0.25) is 11.1 Å². The molecule has 0 saturated heterocycles. The van der Waals surface area contributed by atoms with Gasteiger partial charge in [0, 0.05) is 24.4 Å². The zero-order valence-corrected chi connectivity index (χ0v) is 14.9. The fourth-order valence-electron chi connectivity index (χ4n) is 1.90. The first-order valence-electron chi connectivity index (χ1n) is 7.38. The largest absolute Gasteiger partial charge is 0.326 e. The molecule has 2 rings (SSSR count). The molecule has 0 saturated carbocycles. The van der Waals surface area contributed by atoms with E-state index in [1.807, 2.05) is 6.07 Å². The third kappa shape index (κ3) is 5.22. The van der Waals surface area contributed by atoms with Gasteiger partial charge >= 0.3 is 0 Å². The van der Waals surface area contributed by atoms with Gasteiger partial charge in [0.05, 0.1) is 10.6 Å². The lowest BCUT2D eigenvalue weighted by Gasteiger charge is -2.07. The van der Waals surface area contributed by atoms with Crippen LogP contribution in [0.5, 0.6) is 0 Å². The average molecular weight is 365 g/mol. The molecular formula is C15H17ClN6OS. The Hall–Kier alpha value is -2.11. The van der Waals surface area contributed by atoms with Gasteiger partial charge in [-0.25, -0.2) is 4.68 Å². The molecule has 2 aromatic rings. The summed E-state index contributed by atoms with van der Waals surface area (Å²) < 4.78 is 1.74. The number of halogens is 1. The number of rotatable bonds is 7. The van der Waals surface area contributed by atoms with Gasteiger partial charge in [-0.1, -0.05) is 37.2 Å². The molecule has 1 N–H and O–H groups in total. The Labute approximate surface area is 149 Å². The Kier molecular flexibility index (Phi) is 6.58. The molecular weight excluding hydrogens is 348 g/mol. The van der Waals surface area contributed by atoms with Crippen LogP contribution in [-0.2, 0) is 11.3 Å². The maximum absolute atomic E-state index is 12.0. The third-order valence-electron chi connectivity index (χ3n) is 2.97. The van der Waals surface area contributed by atoms with Gasteiger partial charge in [-0.05, 0) is 34.5 Å². The summed E-state index contributed by atoms with van der Waals surface area (Å²) in [6, 6.07) is 6.77. The van der Waals surface area contributed by atoms with Crippen LogP contribution in [0.2, 0.25) is 5.02 Å². The first-order chi connectivity index (χ1) is 11.5. The number of benzene rings is 1. The van der Waals surface area contributed by atoms with E-state index < -0.39 is 0 Å². The SMILES string of the molecule is CC(C)Cn1nnnc1SCCC(=O)Nc1ccc(C#N)c(Cl)c1. The van der Waals surface area contributed by atoms with Crippen LogP contribution in [0.4, 0.5) is 5.69 Å². The summed E-state index contributed by atoms with van der Waals surface area (Å²) in [6.07, 6.45) is 0.316. The molecule has 1 aromatic carbocycles. The highest BCUT2D eigenvalue weighted by Gasteiger charge is 2.10. The number of hydrogen-bond acceptors (Lipinski definition) is 6. The Morgan fingerprint density at radius 2 is 2.29 bits per heavy atom. The van der Waals surface area contributed by atoms with Crippen molar-refractivity contribution in [3.8, 4) is 6.07 Å². The predicted molar refractivity (Wildman–Crippen MR) is 92.8 cm³/mol. The number of nitrogens with one attached hydrogen (secondary N) is 1. The van der Waals surface area contributed by atoms with Crippen LogP contribution in [0.1, 0.15) is 25.8 Å². The van der Waals surface area contributed by atoms with E-state index in [-0.39, 0.29) is 5.91 Å². The Morgan fingerprint density at radius 3 is 2.96 bits per heavy atom. The second-order valence-corrected chi connectivity index (χ2v) is 6.96. The molecule has 1 amide bonds. The summed E-state index contributed by atoms with van der Waals surface area (Å²) in [6.45, 7) is 4.92. The number of aromatic nitrogens is 4. The molecule has 126 valence electrons. The lowest BCUT2D eigenvalue weighted by Crippen LogP contribution is -2.13. The predicted octanol–water partition coefficient (Wildman–Crippen LogP) is 2.98. The zero-order valence-electron chi connectivity index (χ0n) is 13.4. The van der Waals surface area contributed by atoms with E-state index in [0.717, 1.165) is 6.54 Å². The summed E-state index contributed by atoms with van der Waals surface area (Å²) in [5.41, 5.74) is 0.945. The molecule has 1 aromatic heterocycles. The first kappa shape index (κ1) is 18.2. The van der Waals surface area contributed by atoms with Crippen molar-refractivity contribution in [3.05, 3.63) is 28.8 Å². The lowest BCUT2D eigenvalue weighted by atomic mass is 10.2. The number of anilines is 1. The lowest BCUT2D eigenvalue weighted by molar-refractivity contribution is -0.115. The van der Waals surface area contributed by atoms with Crippen LogP contribution in [0.15, 0.2) is 23.4 Å². The highest BCUT2D eigenvalue weighted by molar-refractivity contribution is 7.99. The van der Waals surface area contributed by atoms with Crippen molar-refractivity contribution >= 4 is 35.0 Å². The minimum Gasteiger partial charge on any atom is -0.326 e. The van der Waals surface area contributed by atoms with Gasteiger partial charge in [0.1, 0.15) is 6.07 Å². The van der Waals surface area contributed by atoms with Crippen LogP contribution in [-0.4, -0.2) is 31.9 Å². The fourth-order valence-corrected chi connectivity index (χ4v) is 2.95. The van der Waals surface area contributed by atoms with Crippen LogP contribution >= 0.6 is 23.4 Å². The topological polar surface area (TPSA) is 96.5 Å². The number of amides is 1. The number of nitriles is 1. The molecule has 0 unspecified atom stereocenters. The van der Waals surface area contributed by atoms with E-state index in [0.29, 0.717) is 39.5 Å². The number of thioether (sulfide) groups is 1. The van der Waals surface area contributed by atoms with Crippen molar-refractivity contribution in [2.45, 2.75) is 32.0 Å². The van der Waals surface area contributed by atoms with Gasteiger partial charge in [-0.2, -0.15) is 5.26 Å². The van der Waals surface area contributed by atoms with Crippen molar-refractivity contribution in [1.82, 2.24) is 20.2 Å². The van der Waals surface area contributed by atoms with E-state index in [2.05, 4.69) is 34.7 Å². The van der Waals surface area contributed by atoms with Gasteiger partial charge < -0.3 is 5.32 Å². The zero-order chi connectivity index (χ0) is 17.5. The van der Waals surface area contributed by atoms with E-state index in [1.54, 1.807) is 22.9 Å². The molecule has 1 heterocycles. The summed E-state index contributed by atoms with van der Waals surface area (Å²) in [4.78, 5) is 12.0. The van der Waals surface area contributed by atoms with E-state index in [4.69, 9.17) is 16.9 Å². The van der Waals surface area contributed by atoms with Gasteiger partial charge in [-0.15, -0.1) is 5.10 Å². The van der Waals surface area contributed by atoms with E-state index in [9.17, 15) is 4.79 Å². The fraction of sp³-hybridized carbons (Fsp3) is 0.400. The van der Waals surface area contributed by atoms with Crippen LogP contribution in [0, 0.1) is 17.2 Å². The number of nitrogens with zero attached hydrogens (tertiary/aromatic N) is 5. The van der Waals surface area contributed by atoms with Gasteiger partial charge in [-0.3, -0.25) is 4.79 Å². The maximum Gasteiger partial charge on any atom is 0.225 e. The monoisotopic (exact) mass is 364 g/mol. The Bertz CT molecular complexity index is 755. The molecule has 0 aliphatic carbocycles. The molecule has 0 aliphatic rings. The molecule has 9 heteroatoms. The quantitative estimate of drug-likeness (QED) is 0.758. The number of carbonyl (C=O) groups excluding carboxylic acids is 1. The average Bonchev–Trinajstić information content (AvgIpc) is 2.94. The second kappa shape index (κ2) is 8.66. The van der Waals surface area contributed by atoms with Crippen LogP contribution < -0.4 is 5.32 Å². The Morgan fingerprint density at radius 1 is 1.50 bits per heavy atom. The highest BCUT2D eigenvalue weighted by Crippen LogP contribution is 2.21. The molecule has 0 spiro atoms. The van der Waals surface area contributed by atoms with Gasteiger partial charge in [0.15, 0.2) is 0 Å². The first-order valence-corrected chi connectivity index (χ1v) is 8.74. The Balaban J connectivity index is 1.83. The van der Waals surface area contributed by atoms with Crippen molar-refractivity contribution in [3.63, 3.8) is 0 Å².